The minimum absolute atomic E-state index is 0.00685. The van der Waals surface area contributed by atoms with Crippen LogP contribution in [0.2, 0.25) is 0 Å². The second kappa shape index (κ2) is 11.6. The Labute approximate surface area is 239 Å². The molecule has 8 heteroatoms. The molecule has 2 aromatic heterocycles. The summed E-state index contributed by atoms with van der Waals surface area (Å²) in [5, 5.41) is 0.974. The first-order chi connectivity index (χ1) is 20.2. The van der Waals surface area contributed by atoms with Gasteiger partial charge in [0, 0.05) is 44.0 Å². The maximum atomic E-state index is 13.0. The maximum absolute atomic E-state index is 13.0. The van der Waals surface area contributed by atoms with Crippen molar-refractivity contribution in [3.63, 3.8) is 0 Å². The first-order valence-electron chi connectivity index (χ1n) is 13.6. The molecule has 1 aliphatic rings. The van der Waals surface area contributed by atoms with Gasteiger partial charge >= 0.3 is 0 Å². The smallest absolute Gasteiger partial charge is 0.246 e. The molecule has 0 N–H and O–H groups in total. The molecule has 0 bridgehead atoms. The largest absolute Gasteiger partial charge is 0.497 e. The fourth-order valence-corrected chi connectivity index (χ4v) is 5.29. The molecule has 0 radical (unpaired) electrons. The van der Waals surface area contributed by atoms with E-state index in [4.69, 9.17) is 19.4 Å². The first-order valence-corrected chi connectivity index (χ1v) is 13.6. The maximum Gasteiger partial charge on any atom is 0.246 e. The van der Waals surface area contributed by atoms with Crippen molar-refractivity contribution < 1.29 is 14.3 Å². The number of aromatic nitrogens is 3. The van der Waals surface area contributed by atoms with Crippen LogP contribution in [0.4, 0.5) is 5.82 Å². The minimum Gasteiger partial charge on any atom is -0.497 e. The van der Waals surface area contributed by atoms with Crippen molar-refractivity contribution in [1.82, 2.24) is 19.4 Å². The molecule has 8 nitrogen and oxygen atoms in total. The summed E-state index contributed by atoms with van der Waals surface area (Å²) in [6.07, 6.45) is 7.19. The van der Waals surface area contributed by atoms with Crippen LogP contribution in [0, 0.1) is 0 Å². The summed E-state index contributed by atoms with van der Waals surface area (Å²) in [4.78, 5) is 26.6. The van der Waals surface area contributed by atoms with E-state index in [0.29, 0.717) is 26.2 Å². The number of ether oxygens (including phenoxy) is 2. The second-order valence-electron chi connectivity index (χ2n) is 9.77. The van der Waals surface area contributed by atoms with Crippen LogP contribution < -0.4 is 14.4 Å². The fraction of sp³-hybridized carbons (Fsp3) is 0.182. The highest BCUT2D eigenvalue weighted by molar-refractivity contribution is 6.02. The Hall–Kier alpha value is -5.11. The predicted molar refractivity (Wildman–Crippen MR) is 162 cm³/mol. The molecule has 206 valence electrons. The molecule has 0 spiro atoms. The highest BCUT2D eigenvalue weighted by Gasteiger charge is 2.25. The van der Waals surface area contributed by atoms with Crippen molar-refractivity contribution in [2.45, 2.75) is 0 Å². The molecule has 41 heavy (non-hydrogen) atoms. The monoisotopic (exact) mass is 545 g/mol. The zero-order valence-corrected chi connectivity index (χ0v) is 23.1. The van der Waals surface area contributed by atoms with Gasteiger partial charge in [-0.2, -0.15) is 0 Å². The van der Waals surface area contributed by atoms with Crippen LogP contribution in [0.3, 0.4) is 0 Å². The topological polar surface area (TPSA) is 72.7 Å². The predicted octanol–water partition coefficient (Wildman–Crippen LogP) is 5.47. The summed E-state index contributed by atoms with van der Waals surface area (Å²) in [5.41, 5.74) is 4.76. The van der Waals surface area contributed by atoms with Gasteiger partial charge in [-0.3, -0.25) is 9.36 Å². The normalized spacial score (nSPS) is 13.6. The van der Waals surface area contributed by atoms with Gasteiger partial charge in [-0.05, 0) is 41.5 Å². The Bertz CT molecular complexity index is 1710. The van der Waals surface area contributed by atoms with Gasteiger partial charge in [-0.15, -0.1) is 0 Å². The van der Waals surface area contributed by atoms with E-state index in [2.05, 4.69) is 27.8 Å². The zero-order chi connectivity index (χ0) is 28.2. The van der Waals surface area contributed by atoms with E-state index >= 15 is 0 Å². The lowest BCUT2D eigenvalue weighted by molar-refractivity contribution is -0.126. The molecular weight excluding hydrogens is 514 g/mol. The van der Waals surface area contributed by atoms with Gasteiger partial charge in [0.1, 0.15) is 23.6 Å². The van der Waals surface area contributed by atoms with Gasteiger partial charge in [0.25, 0.3) is 0 Å². The number of fused-ring (bicyclic) bond motifs is 1. The molecular formula is C33H31N5O3. The van der Waals surface area contributed by atoms with Crippen molar-refractivity contribution in [2.24, 2.45) is 0 Å². The van der Waals surface area contributed by atoms with Crippen molar-refractivity contribution in [2.75, 3.05) is 45.3 Å². The summed E-state index contributed by atoms with van der Waals surface area (Å²) in [5.74, 6) is 2.38. The zero-order valence-electron chi connectivity index (χ0n) is 23.1. The number of piperazine rings is 1. The third-order valence-corrected chi connectivity index (χ3v) is 7.40. The van der Waals surface area contributed by atoms with E-state index in [9.17, 15) is 4.79 Å². The lowest BCUT2D eigenvalue weighted by Gasteiger charge is -2.35. The highest BCUT2D eigenvalue weighted by atomic mass is 16.5. The number of para-hydroxylation sites is 2. The number of benzene rings is 3. The van der Waals surface area contributed by atoms with Crippen molar-refractivity contribution >= 4 is 28.8 Å². The molecule has 0 unspecified atom stereocenters. The average molecular weight is 546 g/mol. The molecule has 1 amide bonds. The van der Waals surface area contributed by atoms with E-state index in [-0.39, 0.29) is 5.91 Å². The SMILES string of the molecule is COc1cccc(/C=C/C(=O)N2CCN(c3ncnc4c3c(-c3ccccc3)cn4-c3ccccc3OC)CC2)c1. The van der Waals surface area contributed by atoms with Gasteiger partial charge in [0.15, 0.2) is 5.65 Å². The van der Waals surface area contributed by atoms with Crippen molar-refractivity contribution in [3.05, 3.63) is 103 Å². The number of carbonyl (C=O) groups is 1. The molecule has 3 aromatic carbocycles. The van der Waals surface area contributed by atoms with Gasteiger partial charge in [0.05, 0.1) is 25.3 Å². The van der Waals surface area contributed by atoms with E-state index in [1.807, 2.05) is 77.7 Å². The number of hydrogen-bond acceptors (Lipinski definition) is 6. The molecule has 0 saturated carbocycles. The molecule has 3 heterocycles. The second-order valence-corrected chi connectivity index (χ2v) is 9.77. The number of anilines is 1. The average Bonchev–Trinajstić information content (AvgIpc) is 3.44. The van der Waals surface area contributed by atoms with Crippen LogP contribution in [0.5, 0.6) is 11.5 Å². The van der Waals surface area contributed by atoms with Gasteiger partial charge in [-0.1, -0.05) is 54.6 Å². The summed E-state index contributed by atoms with van der Waals surface area (Å²) in [7, 11) is 3.31. The number of nitrogens with zero attached hydrogens (tertiary/aromatic N) is 5. The summed E-state index contributed by atoms with van der Waals surface area (Å²) in [6, 6.07) is 25.9. The van der Waals surface area contributed by atoms with Crippen LogP contribution in [0.15, 0.2) is 97.5 Å². The molecule has 1 aliphatic heterocycles. The van der Waals surface area contributed by atoms with Crippen molar-refractivity contribution in [3.8, 4) is 28.3 Å². The van der Waals surface area contributed by atoms with E-state index < -0.39 is 0 Å². The lowest BCUT2D eigenvalue weighted by atomic mass is 10.1. The summed E-state index contributed by atoms with van der Waals surface area (Å²) in [6.45, 7) is 2.53. The molecule has 6 rings (SSSR count). The Morgan fingerprint density at radius 1 is 0.854 bits per heavy atom. The number of rotatable bonds is 7. The number of hydrogen-bond donors (Lipinski definition) is 0. The number of amides is 1. The Balaban J connectivity index is 1.30. The van der Waals surface area contributed by atoms with Crippen LogP contribution in [-0.4, -0.2) is 65.7 Å². The quantitative estimate of drug-likeness (QED) is 0.253. The van der Waals surface area contributed by atoms with Crippen LogP contribution in [0.25, 0.3) is 33.9 Å². The summed E-state index contributed by atoms with van der Waals surface area (Å²) >= 11 is 0. The molecule has 0 atom stereocenters. The van der Waals surface area contributed by atoms with Crippen LogP contribution >= 0.6 is 0 Å². The summed E-state index contributed by atoms with van der Waals surface area (Å²) < 4.78 is 13.0. The Morgan fingerprint density at radius 2 is 1.63 bits per heavy atom. The fourth-order valence-electron chi connectivity index (χ4n) is 5.29. The first kappa shape index (κ1) is 26.1. The van der Waals surface area contributed by atoms with Crippen LogP contribution in [-0.2, 0) is 4.79 Å². The minimum atomic E-state index is -0.00685. The van der Waals surface area contributed by atoms with E-state index in [1.54, 1.807) is 26.6 Å². The molecule has 1 fully saturated rings. The standard InChI is InChI=1S/C33H31N5O3/c1-40-26-12-8-9-24(21-26)15-16-30(39)36-17-19-37(20-18-36)32-31-27(25-10-4-3-5-11-25)22-38(33(31)35-23-34-32)28-13-6-7-14-29(28)41-2/h3-16,21-23H,17-20H2,1-2H3/b16-15+. The highest BCUT2D eigenvalue weighted by Crippen LogP contribution is 2.38. The third kappa shape index (κ3) is 5.24. The lowest BCUT2D eigenvalue weighted by Crippen LogP contribution is -2.48. The van der Waals surface area contributed by atoms with Crippen LogP contribution in [0.1, 0.15) is 5.56 Å². The third-order valence-electron chi connectivity index (χ3n) is 7.40. The van der Waals surface area contributed by atoms with Crippen molar-refractivity contribution in [1.29, 1.82) is 0 Å². The Morgan fingerprint density at radius 3 is 2.41 bits per heavy atom. The van der Waals surface area contributed by atoms with Gasteiger partial charge < -0.3 is 19.3 Å². The van der Waals surface area contributed by atoms with Gasteiger partial charge in [-0.25, -0.2) is 9.97 Å². The Kier molecular flexibility index (Phi) is 7.36. The number of carbonyl (C=O) groups excluding carboxylic acids is 1. The van der Waals surface area contributed by atoms with E-state index in [1.165, 1.54) is 0 Å². The molecule has 5 aromatic rings. The number of methoxy groups -OCH3 is 2. The van der Waals surface area contributed by atoms with Gasteiger partial charge in [0.2, 0.25) is 5.91 Å². The molecule has 0 aliphatic carbocycles. The molecule has 1 saturated heterocycles. The van der Waals surface area contributed by atoms with E-state index in [0.717, 1.165) is 50.7 Å².